The van der Waals surface area contributed by atoms with Crippen LogP contribution < -0.4 is 10.1 Å². The molecule has 106 valence electrons. The Labute approximate surface area is 124 Å². The number of aryl methyl sites for hydroxylation is 1. The Bertz CT molecular complexity index is 672. The molecule has 0 fully saturated rings. The van der Waals surface area contributed by atoms with Crippen LogP contribution in [0.2, 0.25) is 0 Å². The highest BCUT2D eigenvalue weighted by atomic mass is 16.5. The molecule has 0 aliphatic carbocycles. The van der Waals surface area contributed by atoms with Crippen LogP contribution in [0.1, 0.15) is 18.1 Å². The zero-order chi connectivity index (χ0) is 15.2. The maximum atomic E-state index is 12.1. The zero-order valence-corrected chi connectivity index (χ0v) is 12.0. The minimum absolute atomic E-state index is 0.218. The molecule has 2 aromatic carbocycles. The van der Waals surface area contributed by atoms with E-state index in [2.05, 4.69) is 5.32 Å². The van der Waals surface area contributed by atoms with Crippen molar-refractivity contribution in [3.8, 4) is 11.8 Å². The van der Waals surface area contributed by atoms with Crippen molar-refractivity contribution in [2.24, 2.45) is 0 Å². The van der Waals surface area contributed by atoms with Crippen LogP contribution >= 0.6 is 0 Å². The smallest absolute Gasteiger partial charge is 0.265 e. The Morgan fingerprint density at radius 1 is 1.24 bits per heavy atom. The van der Waals surface area contributed by atoms with Crippen molar-refractivity contribution < 1.29 is 9.53 Å². The van der Waals surface area contributed by atoms with Crippen molar-refractivity contribution in [1.82, 2.24) is 0 Å². The van der Waals surface area contributed by atoms with Crippen LogP contribution in [-0.4, -0.2) is 12.0 Å². The Hall–Kier alpha value is -2.80. The normalized spacial score (nSPS) is 11.3. The quantitative estimate of drug-likeness (QED) is 0.935. The van der Waals surface area contributed by atoms with Crippen molar-refractivity contribution in [3.63, 3.8) is 0 Å². The molecule has 0 aromatic heterocycles. The molecule has 1 amide bonds. The summed E-state index contributed by atoms with van der Waals surface area (Å²) in [5.74, 6) is 0.339. The van der Waals surface area contributed by atoms with Crippen molar-refractivity contribution >= 4 is 11.6 Å². The number of carbonyl (C=O) groups excluding carboxylic acids is 1. The average molecular weight is 280 g/mol. The molecule has 2 aromatic rings. The Kier molecular flexibility index (Phi) is 4.57. The van der Waals surface area contributed by atoms with Gasteiger partial charge in [-0.1, -0.05) is 12.1 Å². The molecule has 0 unspecified atom stereocenters. The Balaban J connectivity index is 1.97. The highest BCUT2D eigenvalue weighted by Gasteiger charge is 2.14. The Morgan fingerprint density at radius 2 is 1.95 bits per heavy atom. The minimum atomic E-state index is -0.626. The third-order valence-corrected chi connectivity index (χ3v) is 2.95. The lowest BCUT2D eigenvalue weighted by atomic mass is 10.2. The predicted octanol–water partition coefficient (Wildman–Crippen LogP) is 3.27. The van der Waals surface area contributed by atoms with Crippen LogP contribution in [0.3, 0.4) is 0 Å². The van der Waals surface area contributed by atoms with Gasteiger partial charge in [0.1, 0.15) is 5.75 Å². The molecular weight excluding hydrogens is 264 g/mol. The third kappa shape index (κ3) is 4.08. The highest BCUT2D eigenvalue weighted by Crippen LogP contribution is 2.15. The third-order valence-electron chi connectivity index (χ3n) is 2.95. The van der Waals surface area contributed by atoms with E-state index >= 15 is 0 Å². The van der Waals surface area contributed by atoms with Crippen LogP contribution in [0.15, 0.2) is 48.5 Å². The number of anilines is 1. The highest BCUT2D eigenvalue weighted by molar-refractivity contribution is 5.94. The molecule has 1 atom stereocenters. The van der Waals surface area contributed by atoms with E-state index in [9.17, 15) is 4.79 Å². The maximum absolute atomic E-state index is 12.1. The first-order valence-electron chi connectivity index (χ1n) is 6.63. The van der Waals surface area contributed by atoms with E-state index in [1.807, 2.05) is 37.3 Å². The van der Waals surface area contributed by atoms with Gasteiger partial charge in [-0.05, 0) is 55.8 Å². The van der Waals surface area contributed by atoms with Gasteiger partial charge in [-0.2, -0.15) is 5.26 Å². The summed E-state index contributed by atoms with van der Waals surface area (Å²) in [4.78, 5) is 12.1. The standard InChI is InChI=1S/C17H16N2O2/c1-12-4-3-5-15(10-12)19-17(20)13(2)21-16-8-6-14(11-18)7-9-16/h3-10,13H,1-2H3,(H,19,20)/t13-/m0/s1. The van der Waals surface area contributed by atoms with Crippen molar-refractivity contribution in [3.05, 3.63) is 59.7 Å². The number of nitriles is 1. The largest absolute Gasteiger partial charge is 0.481 e. The molecule has 2 rings (SSSR count). The second-order valence-corrected chi connectivity index (χ2v) is 4.75. The fourth-order valence-corrected chi connectivity index (χ4v) is 1.83. The van der Waals surface area contributed by atoms with Gasteiger partial charge in [0.25, 0.3) is 5.91 Å². The lowest BCUT2D eigenvalue weighted by Gasteiger charge is -2.15. The number of benzene rings is 2. The summed E-state index contributed by atoms with van der Waals surface area (Å²) in [6, 6.07) is 16.3. The SMILES string of the molecule is Cc1cccc(NC(=O)[C@H](C)Oc2ccc(C#N)cc2)c1. The summed E-state index contributed by atoms with van der Waals surface area (Å²) < 4.78 is 5.56. The molecule has 0 aliphatic heterocycles. The number of amides is 1. The molecule has 0 radical (unpaired) electrons. The molecule has 0 saturated heterocycles. The summed E-state index contributed by atoms with van der Waals surface area (Å²) in [6.45, 7) is 3.65. The predicted molar refractivity (Wildman–Crippen MR) is 81.1 cm³/mol. The van der Waals surface area contributed by atoms with Gasteiger partial charge < -0.3 is 10.1 Å². The fourth-order valence-electron chi connectivity index (χ4n) is 1.83. The number of hydrogen-bond acceptors (Lipinski definition) is 3. The topological polar surface area (TPSA) is 62.1 Å². The van der Waals surface area contributed by atoms with Gasteiger partial charge in [0.2, 0.25) is 0 Å². The van der Waals surface area contributed by atoms with Gasteiger partial charge >= 0.3 is 0 Å². The second-order valence-electron chi connectivity index (χ2n) is 4.75. The van der Waals surface area contributed by atoms with E-state index < -0.39 is 6.10 Å². The molecule has 0 spiro atoms. The van der Waals surface area contributed by atoms with Crippen LogP contribution in [-0.2, 0) is 4.79 Å². The zero-order valence-electron chi connectivity index (χ0n) is 12.0. The second kappa shape index (κ2) is 6.58. The van der Waals surface area contributed by atoms with Gasteiger partial charge in [-0.15, -0.1) is 0 Å². The number of ether oxygens (including phenoxy) is 1. The number of carbonyl (C=O) groups is 1. The van der Waals surface area contributed by atoms with Crippen LogP contribution in [0, 0.1) is 18.3 Å². The fraction of sp³-hybridized carbons (Fsp3) is 0.176. The molecule has 4 heteroatoms. The lowest BCUT2D eigenvalue weighted by Crippen LogP contribution is -2.30. The van der Waals surface area contributed by atoms with Gasteiger partial charge in [-0.3, -0.25) is 4.79 Å². The molecular formula is C17H16N2O2. The molecule has 0 bridgehead atoms. The minimum Gasteiger partial charge on any atom is -0.481 e. The van der Waals surface area contributed by atoms with Crippen LogP contribution in [0.25, 0.3) is 0 Å². The molecule has 4 nitrogen and oxygen atoms in total. The van der Waals surface area contributed by atoms with Gasteiger partial charge in [-0.25, -0.2) is 0 Å². The van der Waals surface area contributed by atoms with Gasteiger partial charge in [0, 0.05) is 5.69 Å². The summed E-state index contributed by atoms with van der Waals surface area (Å²) in [7, 11) is 0. The Morgan fingerprint density at radius 3 is 2.57 bits per heavy atom. The van der Waals surface area contributed by atoms with Crippen molar-refractivity contribution in [2.75, 3.05) is 5.32 Å². The average Bonchev–Trinajstić information content (AvgIpc) is 2.48. The lowest BCUT2D eigenvalue weighted by molar-refractivity contribution is -0.122. The van der Waals surface area contributed by atoms with Crippen molar-refractivity contribution in [2.45, 2.75) is 20.0 Å². The molecule has 21 heavy (non-hydrogen) atoms. The monoisotopic (exact) mass is 280 g/mol. The van der Waals surface area contributed by atoms with E-state index in [1.165, 1.54) is 0 Å². The molecule has 0 aliphatic rings. The maximum Gasteiger partial charge on any atom is 0.265 e. The van der Waals surface area contributed by atoms with Crippen molar-refractivity contribution in [1.29, 1.82) is 5.26 Å². The molecule has 1 N–H and O–H groups in total. The van der Waals surface area contributed by atoms with E-state index in [4.69, 9.17) is 10.00 Å². The van der Waals surface area contributed by atoms with Gasteiger partial charge in [0.15, 0.2) is 6.10 Å². The first-order chi connectivity index (χ1) is 10.1. The molecule has 0 saturated carbocycles. The first-order valence-corrected chi connectivity index (χ1v) is 6.63. The van der Waals surface area contributed by atoms with Gasteiger partial charge in [0.05, 0.1) is 11.6 Å². The van der Waals surface area contributed by atoms with E-state index in [1.54, 1.807) is 31.2 Å². The van der Waals surface area contributed by atoms with Crippen LogP contribution in [0.5, 0.6) is 5.75 Å². The number of nitrogens with zero attached hydrogens (tertiary/aromatic N) is 1. The summed E-state index contributed by atoms with van der Waals surface area (Å²) in [5.41, 5.74) is 2.38. The summed E-state index contributed by atoms with van der Waals surface area (Å²) >= 11 is 0. The first kappa shape index (κ1) is 14.6. The van der Waals surface area contributed by atoms with E-state index in [-0.39, 0.29) is 5.91 Å². The summed E-state index contributed by atoms with van der Waals surface area (Å²) in [6.07, 6.45) is -0.626. The van der Waals surface area contributed by atoms with Crippen LogP contribution in [0.4, 0.5) is 5.69 Å². The van der Waals surface area contributed by atoms with E-state index in [0.717, 1.165) is 11.3 Å². The summed E-state index contributed by atoms with van der Waals surface area (Å²) in [5, 5.41) is 11.5. The molecule has 0 heterocycles. The number of nitrogens with one attached hydrogen (secondary N) is 1. The number of rotatable bonds is 4. The van der Waals surface area contributed by atoms with E-state index in [0.29, 0.717) is 11.3 Å². The number of hydrogen-bond donors (Lipinski definition) is 1.